The van der Waals surface area contributed by atoms with Crippen LogP contribution in [0.1, 0.15) is 13.3 Å². The third-order valence-electron chi connectivity index (χ3n) is 0.848. The minimum absolute atomic E-state index is 0.199. The predicted molar refractivity (Wildman–Crippen MR) is 38.8 cm³/mol. The van der Waals surface area contributed by atoms with E-state index in [0.717, 1.165) is 0 Å². The number of carbonyl (C=O) groups excluding carboxylic acids is 1. The lowest BCUT2D eigenvalue weighted by Crippen LogP contribution is -2.25. The third kappa shape index (κ3) is 2.81. The number of nitrogens with one attached hydrogen (secondary N) is 1. The highest BCUT2D eigenvalue weighted by Gasteiger charge is 2.02. The minimum atomic E-state index is -0.445. The van der Waals surface area contributed by atoms with Crippen molar-refractivity contribution in [2.45, 2.75) is 13.3 Å². The van der Waals surface area contributed by atoms with Crippen molar-refractivity contribution in [3.8, 4) is 0 Å². The average Bonchev–Trinajstić information content (AvgIpc) is 1.85. The Balaban J connectivity index is 4.19. The number of aliphatic imine (C=N–C) groups is 1. The molecule has 0 spiro atoms. The van der Waals surface area contributed by atoms with E-state index in [1.165, 1.54) is 0 Å². The summed E-state index contributed by atoms with van der Waals surface area (Å²) in [6.07, 6.45) is 0.280. The molecule has 0 saturated carbocycles. The molecule has 5 nitrogen and oxygen atoms in total. The van der Waals surface area contributed by atoms with Crippen molar-refractivity contribution in [2.24, 2.45) is 16.5 Å². The molecule has 0 aliphatic heterocycles. The Morgan fingerprint density at radius 1 is 1.60 bits per heavy atom. The van der Waals surface area contributed by atoms with E-state index < -0.39 is 5.96 Å². The predicted octanol–water partition coefficient (Wildman–Crippen LogP) is -0.784. The van der Waals surface area contributed by atoms with Gasteiger partial charge in [0.15, 0.2) is 11.6 Å². The van der Waals surface area contributed by atoms with E-state index >= 15 is 0 Å². The Bertz CT molecular complexity index is 184. The first-order valence-corrected chi connectivity index (χ1v) is 2.79. The summed E-state index contributed by atoms with van der Waals surface area (Å²) >= 11 is 0. The lowest BCUT2D eigenvalue weighted by molar-refractivity contribution is -0.112. The zero-order chi connectivity index (χ0) is 8.15. The van der Waals surface area contributed by atoms with Crippen LogP contribution in [0.25, 0.3) is 0 Å². The second-order valence-corrected chi connectivity index (χ2v) is 1.66. The first-order valence-electron chi connectivity index (χ1n) is 2.79. The van der Waals surface area contributed by atoms with Gasteiger partial charge in [0.05, 0.1) is 0 Å². The van der Waals surface area contributed by atoms with E-state index in [1.807, 2.05) is 0 Å². The van der Waals surface area contributed by atoms with Gasteiger partial charge >= 0.3 is 0 Å². The van der Waals surface area contributed by atoms with Crippen LogP contribution in [0.5, 0.6) is 0 Å². The van der Waals surface area contributed by atoms with Gasteiger partial charge in [-0.2, -0.15) is 4.99 Å². The van der Waals surface area contributed by atoms with Crippen LogP contribution >= 0.6 is 0 Å². The molecule has 0 fully saturated rings. The smallest absolute Gasteiger partial charge is 0.214 e. The zero-order valence-corrected chi connectivity index (χ0v) is 5.72. The zero-order valence-electron chi connectivity index (χ0n) is 5.72. The van der Waals surface area contributed by atoms with Gasteiger partial charge in [-0.1, -0.05) is 6.92 Å². The van der Waals surface area contributed by atoms with Crippen LogP contribution in [0.15, 0.2) is 4.99 Å². The molecule has 0 unspecified atom stereocenters. The van der Waals surface area contributed by atoms with Crippen molar-refractivity contribution in [2.75, 3.05) is 0 Å². The van der Waals surface area contributed by atoms with E-state index in [-0.39, 0.29) is 18.0 Å². The average molecular weight is 142 g/mol. The molecule has 0 aromatic heterocycles. The maximum atomic E-state index is 10.6. The lowest BCUT2D eigenvalue weighted by atomic mass is 10.3. The largest absolute Gasteiger partial charge is 0.381 e. The summed E-state index contributed by atoms with van der Waals surface area (Å²) < 4.78 is 0. The van der Waals surface area contributed by atoms with Crippen molar-refractivity contribution in [1.29, 1.82) is 5.41 Å². The fourth-order valence-electron chi connectivity index (χ4n) is 0.373. The molecule has 0 aromatic carbocycles. The number of rotatable bonds is 2. The van der Waals surface area contributed by atoms with Crippen LogP contribution in [-0.2, 0) is 4.79 Å². The Morgan fingerprint density at radius 3 is 2.40 bits per heavy atom. The van der Waals surface area contributed by atoms with E-state index in [9.17, 15) is 4.79 Å². The molecule has 0 heterocycles. The minimum Gasteiger partial charge on any atom is -0.381 e. The van der Waals surface area contributed by atoms with Gasteiger partial charge < -0.3 is 11.5 Å². The van der Waals surface area contributed by atoms with Crippen LogP contribution in [0, 0.1) is 5.41 Å². The Kier molecular flexibility index (Phi) is 3.10. The van der Waals surface area contributed by atoms with Crippen LogP contribution in [0.2, 0.25) is 0 Å². The Labute approximate surface area is 58.6 Å². The Hall–Kier alpha value is -1.39. The van der Waals surface area contributed by atoms with Crippen molar-refractivity contribution in [1.82, 2.24) is 0 Å². The third-order valence-corrected chi connectivity index (χ3v) is 0.848. The van der Waals surface area contributed by atoms with Gasteiger partial charge in [-0.15, -0.1) is 0 Å². The number of ketones is 1. The lowest BCUT2D eigenvalue weighted by Gasteiger charge is -1.93. The van der Waals surface area contributed by atoms with Crippen LogP contribution < -0.4 is 11.5 Å². The molecular weight excluding hydrogens is 132 g/mol. The second kappa shape index (κ2) is 3.60. The van der Waals surface area contributed by atoms with Crippen LogP contribution in [0.4, 0.5) is 0 Å². The van der Waals surface area contributed by atoms with Gasteiger partial charge in [0.25, 0.3) is 0 Å². The van der Waals surface area contributed by atoms with Gasteiger partial charge in [-0.05, 0) is 0 Å². The molecule has 0 aliphatic rings. The highest BCUT2D eigenvalue weighted by Crippen LogP contribution is 1.80. The SMILES string of the molecule is CCC(=O)C(N)=NC(=N)N. The fraction of sp³-hybridized carbons (Fsp3) is 0.400. The molecule has 0 aliphatic carbocycles. The van der Waals surface area contributed by atoms with E-state index in [2.05, 4.69) is 4.99 Å². The molecule has 5 heteroatoms. The van der Waals surface area contributed by atoms with E-state index in [4.69, 9.17) is 16.9 Å². The highest BCUT2D eigenvalue weighted by molar-refractivity contribution is 6.39. The number of nitrogens with two attached hydrogens (primary N) is 2. The van der Waals surface area contributed by atoms with Crippen LogP contribution in [-0.4, -0.2) is 17.6 Å². The molecule has 0 rings (SSSR count). The number of Topliss-reactive ketones (excluding diaryl/α,β-unsaturated/α-hetero) is 1. The second-order valence-electron chi connectivity index (χ2n) is 1.66. The summed E-state index contributed by atoms with van der Waals surface area (Å²) in [5, 5.41) is 6.65. The number of carbonyl (C=O) groups is 1. The summed E-state index contributed by atoms with van der Waals surface area (Å²) in [5.74, 6) is -0.940. The molecule has 0 amide bonds. The van der Waals surface area contributed by atoms with Gasteiger partial charge in [-0.25, -0.2) is 0 Å². The van der Waals surface area contributed by atoms with Gasteiger partial charge in [0, 0.05) is 6.42 Å². The summed E-state index contributed by atoms with van der Waals surface area (Å²) in [4.78, 5) is 13.9. The molecule has 56 valence electrons. The Morgan fingerprint density at radius 2 is 2.10 bits per heavy atom. The molecule has 5 N–H and O–H groups in total. The summed E-state index contributed by atoms with van der Waals surface area (Å²) in [5.41, 5.74) is 9.96. The molecule has 0 aromatic rings. The van der Waals surface area contributed by atoms with E-state index in [1.54, 1.807) is 6.92 Å². The standard InChI is InChI=1S/C5H10N4O/c1-2-3(10)4(6)9-5(7)8/h2H2,1H3,(H5,6,7,8,9). The maximum absolute atomic E-state index is 10.6. The molecule has 0 saturated heterocycles. The van der Waals surface area contributed by atoms with Gasteiger partial charge in [-0.3, -0.25) is 10.2 Å². The van der Waals surface area contributed by atoms with Crippen LogP contribution in [0.3, 0.4) is 0 Å². The number of guanidine groups is 1. The monoisotopic (exact) mass is 142 g/mol. The quantitative estimate of drug-likeness (QED) is 0.347. The first-order chi connectivity index (χ1) is 4.57. The number of hydrogen-bond donors (Lipinski definition) is 3. The molecule has 10 heavy (non-hydrogen) atoms. The molecule has 0 atom stereocenters. The summed E-state index contributed by atoms with van der Waals surface area (Å²) in [7, 11) is 0. The van der Waals surface area contributed by atoms with Gasteiger partial charge in [0.2, 0.25) is 5.96 Å². The first kappa shape index (κ1) is 8.61. The number of amidine groups is 1. The highest BCUT2D eigenvalue weighted by atomic mass is 16.1. The number of nitrogens with zero attached hydrogens (tertiary/aromatic N) is 1. The summed E-state index contributed by atoms with van der Waals surface area (Å²) in [6, 6.07) is 0. The summed E-state index contributed by atoms with van der Waals surface area (Å²) in [6.45, 7) is 1.66. The van der Waals surface area contributed by atoms with Crippen molar-refractivity contribution >= 4 is 17.6 Å². The van der Waals surface area contributed by atoms with Gasteiger partial charge in [0.1, 0.15) is 0 Å². The van der Waals surface area contributed by atoms with Crippen molar-refractivity contribution in [3.05, 3.63) is 0 Å². The number of hydrogen-bond acceptors (Lipinski definition) is 2. The maximum Gasteiger partial charge on any atom is 0.214 e. The fourth-order valence-corrected chi connectivity index (χ4v) is 0.373. The molecular formula is C5H10N4O. The molecule has 0 bridgehead atoms. The normalized spacial score (nSPS) is 11.1. The topological polar surface area (TPSA) is 105 Å². The van der Waals surface area contributed by atoms with E-state index in [0.29, 0.717) is 0 Å². The molecule has 0 radical (unpaired) electrons. The van der Waals surface area contributed by atoms with Crippen molar-refractivity contribution < 1.29 is 4.79 Å². The van der Waals surface area contributed by atoms with Crippen molar-refractivity contribution in [3.63, 3.8) is 0 Å².